The van der Waals surface area contributed by atoms with Gasteiger partial charge in [-0.15, -0.1) is 0 Å². The van der Waals surface area contributed by atoms with E-state index in [4.69, 9.17) is 4.52 Å². The molecule has 2 rings (SSSR count). The van der Waals surface area contributed by atoms with E-state index >= 15 is 0 Å². The first-order valence-corrected chi connectivity index (χ1v) is 5.22. The van der Waals surface area contributed by atoms with Crippen LogP contribution in [0.4, 0.5) is 0 Å². The van der Waals surface area contributed by atoms with Gasteiger partial charge in [0.15, 0.2) is 5.82 Å². The minimum atomic E-state index is 0.148. The van der Waals surface area contributed by atoms with Crippen LogP contribution in [0.2, 0.25) is 0 Å². The Balaban J connectivity index is 1.96. The third-order valence-electron chi connectivity index (χ3n) is 2.83. The molecule has 1 aromatic rings. The molecule has 5 nitrogen and oxygen atoms in total. The Morgan fingerprint density at radius 2 is 2.13 bits per heavy atom. The fraction of sp³-hybridized carbons (Fsp3) is 0.700. The van der Waals surface area contributed by atoms with E-state index in [1.807, 2.05) is 11.8 Å². The van der Waals surface area contributed by atoms with Crippen LogP contribution in [0.5, 0.6) is 0 Å². The number of aryl methyl sites for hydroxylation is 1. The largest absolute Gasteiger partial charge is 0.343 e. The molecule has 0 unspecified atom stereocenters. The van der Waals surface area contributed by atoms with Crippen molar-refractivity contribution < 1.29 is 9.32 Å². The molecule has 5 heteroatoms. The second-order valence-corrected chi connectivity index (χ2v) is 3.96. The highest BCUT2D eigenvalue weighted by Gasteiger charge is 2.25. The van der Waals surface area contributed by atoms with E-state index in [0.717, 1.165) is 31.8 Å². The zero-order valence-electron chi connectivity index (χ0n) is 9.06. The van der Waals surface area contributed by atoms with E-state index in [9.17, 15) is 4.79 Å². The van der Waals surface area contributed by atoms with Crippen LogP contribution in [0.1, 0.15) is 37.4 Å². The molecule has 0 radical (unpaired) electrons. The number of aromatic nitrogens is 2. The maximum absolute atomic E-state index is 11.1. The Bertz CT molecular complexity index is 353. The van der Waals surface area contributed by atoms with E-state index in [2.05, 4.69) is 10.1 Å². The summed E-state index contributed by atoms with van der Waals surface area (Å²) in [7, 11) is 0. The van der Waals surface area contributed by atoms with E-state index in [1.165, 1.54) is 0 Å². The molecule has 0 spiro atoms. The minimum Gasteiger partial charge on any atom is -0.343 e. The summed E-state index contributed by atoms with van der Waals surface area (Å²) in [4.78, 5) is 17.2. The monoisotopic (exact) mass is 209 g/mol. The van der Waals surface area contributed by atoms with Crippen LogP contribution in [0, 0.1) is 6.92 Å². The molecule has 1 aliphatic rings. The number of rotatable bonds is 1. The van der Waals surface area contributed by atoms with Gasteiger partial charge in [0.1, 0.15) is 0 Å². The van der Waals surface area contributed by atoms with Gasteiger partial charge in [0, 0.05) is 25.9 Å². The average Bonchev–Trinajstić information content (AvgIpc) is 2.65. The highest BCUT2D eigenvalue weighted by atomic mass is 16.5. The van der Waals surface area contributed by atoms with Crippen molar-refractivity contribution in [1.82, 2.24) is 15.0 Å². The fourth-order valence-electron chi connectivity index (χ4n) is 1.92. The lowest BCUT2D eigenvalue weighted by Crippen LogP contribution is -2.36. The Hall–Kier alpha value is -1.39. The van der Waals surface area contributed by atoms with Crippen molar-refractivity contribution in [3.63, 3.8) is 0 Å². The fourth-order valence-corrected chi connectivity index (χ4v) is 1.92. The topological polar surface area (TPSA) is 59.2 Å². The summed E-state index contributed by atoms with van der Waals surface area (Å²) >= 11 is 0. The van der Waals surface area contributed by atoms with Gasteiger partial charge in [-0.25, -0.2) is 0 Å². The van der Waals surface area contributed by atoms with Gasteiger partial charge in [-0.2, -0.15) is 4.98 Å². The summed E-state index contributed by atoms with van der Waals surface area (Å²) in [6, 6.07) is 0. The lowest BCUT2D eigenvalue weighted by molar-refractivity contribution is -0.129. The number of piperidine rings is 1. The van der Waals surface area contributed by atoms with Gasteiger partial charge < -0.3 is 9.42 Å². The summed E-state index contributed by atoms with van der Waals surface area (Å²) < 4.78 is 5.13. The molecular weight excluding hydrogens is 194 g/mol. The normalized spacial score (nSPS) is 18.1. The van der Waals surface area contributed by atoms with Gasteiger partial charge in [-0.1, -0.05) is 5.16 Å². The zero-order valence-corrected chi connectivity index (χ0v) is 9.06. The van der Waals surface area contributed by atoms with Crippen molar-refractivity contribution in [2.75, 3.05) is 13.1 Å². The number of carbonyl (C=O) groups is 1. The summed E-state index contributed by atoms with van der Waals surface area (Å²) in [6.45, 7) is 5.01. The predicted molar refractivity (Wildman–Crippen MR) is 53.3 cm³/mol. The van der Waals surface area contributed by atoms with Crippen molar-refractivity contribution in [3.05, 3.63) is 11.7 Å². The smallest absolute Gasteiger partial charge is 0.229 e. The molecule has 1 fully saturated rings. The molecule has 0 atom stereocenters. The number of likely N-dealkylation sites (tertiary alicyclic amines) is 1. The molecule has 15 heavy (non-hydrogen) atoms. The minimum absolute atomic E-state index is 0.148. The van der Waals surface area contributed by atoms with Crippen LogP contribution < -0.4 is 0 Å². The van der Waals surface area contributed by atoms with E-state index < -0.39 is 0 Å². The third kappa shape index (κ3) is 2.16. The SMILES string of the molecule is CC(=O)N1CCC(c2nc(C)no2)CC1. The molecular formula is C10H15N3O2. The van der Waals surface area contributed by atoms with Gasteiger partial charge >= 0.3 is 0 Å². The summed E-state index contributed by atoms with van der Waals surface area (Å²) in [5.74, 6) is 1.87. The van der Waals surface area contributed by atoms with Gasteiger partial charge in [0.05, 0.1) is 0 Å². The molecule has 1 saturated heterocycles. The molecule has 82 valence electrons. The molecule has 0 aromatic carbocycles. The summed E-state index contributed by atoms with van der Waals surface area (Å²) in [6.07, 6.45) is 1.84. The Morgan fingerprint density at radius 1 is 1.47 bits per heavy atom. The number of hydrogen-bond acceptors (Lipinski definition) is 4. The Morgan fingerprint density at radius 3 is 2.60 bits per heavy atom. The molecule has 1 aromatic heterocycles. The summed E-state index contributed by atoms with van der Waals surface area (Å²) in [5, 5.41) is 3.78. The van der Waals surface area contributed by atoms with Crippen LogP contribution in [0.15, 0.2) is 4.52 Å². The second-order valence-electron chi connectivity index (χ2n) is 3.96. The first-order valence-electron chi connectivity index (χ1n) is 5.22. The Labute approximate surface area is 88.5 Å². The lowest BCUT2D eigenvalue weighted by Gasteiger charge is -2.29. The number of hydrogen-bond donors (Lipinski definition) is 0. The zero-order chi connectivity index (χ0) is 10.8. The molecule has 1 aliphatic heterocycles. The predicted octanol–water partition coefficient (Wildman–Crippen LogP) is 1.10. The summed E-state index contributed by atoms with van der Waals surface area (Å²) in [5.41, 5.74) is 0. The van der Waals surface area contributed by atoms with Gasteiger partial charge in [-0.05, 0) is 19.8 Å². The molecule has 2 heterocycles. The van der Waals surface area contributed by atoms with Crippen LogP contribution >= 0.6 is 0 Å². The third-order valence-corrected chi connectivity index (χ3v) is 2.83. The van der Waals surface area contributed by atoms with Crippen LogP contribution in [0.25, 0.3) is 0 Å². The van der Waals surface area contributed by atoms with E-state index in [-0.39, 0.29) is 5.91 Å². The lowest BCUT2D eigenvalue weighted by atomic mass is 9.97. The van der Waals surface area contributed by atoms with Crippen molar-refractivity contribution in [3.8, 4) is 0 Å². The van der Waals surface area contributed by atoms with E-state index in [0.29, 0.717) is 11.7 Å². The van der Waals surface area contributed by atoms with Gasteiger partial charge in [0.2, 0.25) is 11.8 Å². The number of carbonyl (C=O) groups excluding carboxylic acids is 1. The highest BCUT2D eigenvalue weighted by Crippen LogP contribution is 2.26. The van der Waals surface area contributed by atoms with Crippen molar-refractivity contribution in [2.24, 2.45) is 0 Å². The highest BCUT2D eigenvalue weighted by molar-refractivity contribution is 5.73. The quantitative estimate of drug-likeness (QED) is 0.695. The maximum atomic E-state index is 11.1. The number of amides is 1. The molecule has 0 N–H and O–H groups in total. The Kier molecular flexibility index (Phi) is 2.70. The van der Waals surface area contributed by atoms with Crippen molar-refractivity contribution in [2.45, 2.75) is 32.6 Å². The maximum Gasteiger partial charge on any atom is 0.229 e. The molecule has 0 bridgehead atoms. The van der Waals surface area contributed by atoms with Crippen molar-refractivity contribution >= 4 is 5.91 Å². The van der Waals surface area contributed by atoms with Gasteiger partial charge in [0.25, 0.3) is 0 Å². The van der Waals surface area contributed by atoms with Crippen LogP contribution in [-0.4, -0.2) is 34.0 Å². The molecule has 1 amide bonds. The molecule has 0 saturated carbocycles. The van der Waals surface area contributed by atoms with E-state index in [1.54, 1.807) is 6.92 Å². The van der Waals surface area contributed by atoms with Gasteiger partial charge in [-0.3, -0.25) is 4.79 Å². The number of nitrogens with zero attached hydrogens (tertiary/aromatic N) is 3. The average molecular weight is 209 g/mol. The van der Waals surface area contributed by atoms with Crippen molar-refractivity contribution in [1.29, 1.82) is 0 Å². The standard InChI is InChI=1S/C10H15N3O2/c1-7-11-10(15-12-7)9-3-5-13(6-4-9)8(2)14/h9H,3-6H2,1-2H3. The molecule has 0 aliphatic carbocycles. The van der Waals surface area contributed by atoms with Crippen LogP contribution in [0.3, 0.4) is 0 Å². The first kappa shape index (κ1) is 10.1. The van der Waals surface area contributed by atoms with Crippen LogP contribution in [-0.2, 0) is 4.79 Å². The first-order chi connectivity index (χ1) is 7.16. The second kappa shape index (κ2) is 4.00.